The van der Waals surface area contributed by atoms with Gasteiger partial charge in [0.1, 0.15) is 24.1 Å². The summed E-state index contributed by atoms with van der Waals surface area (Å²) in [7, 11) is 0. The number of aliphatic hydroxyl groups is 2. The lowest BCUT2D eigenvalue weighted by molar-refractivity contribution is -0.255. The van der Waals surface area contributed by atoms with E-state index in [9.17, 15) is 19.8 Å². The van der Waals surface area contributed by atoms with Crippen molar-refractivity contribution in [3.8, 4) is 11.5 Å². The van der Waals surface area contributed by atoms with Crippen LogP contribution >= 0.6 is 0 Å². The zero-order valence-electron chi connectivity index (χ0n) is 37.1. The van der Waals surface area contributed by atoms with Crippen molar-refractivity contribution in [1.82, 2.24) is 10.2 Å². The van der Waals surface area contributed by atoms with E-state index in [0.29, 0.717) is 62.6 Å². The lowest BCUT2D eigenvalue weighted by atomic mass is 9.55. The van der Waals surface area contributed by atoms with Crippen molar-refractivity contribution in [3.63, 3.8) is 0 Å². The molecule has 13 heteroatoms. The Labute approximate surface area is 377 Å². The monoisotopic (exact) mass is 879 g/mol. The van der Waals surface area contributed by atoms with E-state index in [1.54, 1.807) is 17.0 Å². The second-order valence-corrected chi connectivity index (χ2v) is 17.1. The fourth-order valence-electron chi connectivity index (χ4n) is 9.96. The summed E-state index contributed by atoms with van der Waals surface area (Å²) >= 11 is 0. The summed E-state index contributed by atoms with van der Waals surface area (Å²) in [6.45, 7) is 7.65. The predicted molar refractivity (Wildman–Crippen MR) is 243 cm³/mol. The maximum atomic E-state index is 14.6. The smallest absolute Gasteiger partial charge is 0.412 e. The molecule has 0 bridgehead atoms. The van der Waals surface area contributed by atoms with Crippen molar-refractivity contribution < 1.29 is 48.3 Å². The van der Waals surface area contributed by atoms with Crippen molar-refractivity contribution in [1.29, 1.82) is 0 Å². The van der Waals surface area contributed by atoms with E-state index in [2.05, 4.69) is 18.0 Å². The minimum absolute atomic E-state index is 0.0113. The molecule has 4 aliphatic rings. The molecule has 1 saturated heterocycles. The third kappa shape index (κ3) is 11.2. The van der Waals surface area contributed by atoms with Gasteiger partial charge in [-0.3, -0.25) is 4.90 Å². The molecule has 3 aromatic rings. The molecule has 13 nitrogen and oxygen atoms in total. The van der Waals surface area contributed by atoms with Gasteiger partial charge in [0.15, 0.2) is 0 Å². The number of hydrogen-bond acceptors (Lipinski definition) is 11. The number of nitrogens with zero attached hydrogens (tertiary/aromatic N) is 2. The number of nitrogens with one attached hydrogen (secondary N) is 1. The van der Waals surface area contributed by atoms with Crippen LogP contribution < -0.4 is 14.8 Å². The molecule has 7 atom stereocenters. The SMILES string of the molecule is C=CCO[C@@]12Oc3ccc(OC(=O)NCc4ccccc4)cc3[C@H]3[C@H](CCCCO)[C@@H](CCCCO)C=C(C(=NOC4CCCCO4)C[C@@H]1N(CCC)C(=O)OCc1ccccc1)[C@H]32. The molecule has 3 N–H and O–H groups in total. The number of allylic oxidation sites excluding steroid dienone is 1. The van der Waals surface area contributed by atoms with Crippen molar-refractivity contribution in [2.75, 3.05) is 33.0 Å². The van der Waals surface area contributed by atoms with Gasteiger partial charge in [-0.25, -0.2) is 9.59 Å². The number of unbranched alkanes of at least 4 members (excludes halogenated alkanes) is 2. The van der Waals surface area contributed by atoms with Crippen LogP contribution in [0.4, 0.5) is 9.59 Å². The van der Waals surface area contributed by atoms with Gasteiger partial charge in [-0.15, -0.1) is 6.58 Å². The molecular weight excluding hydrogens is 815 g/mol. The van der Waals surface area contributed by atoms with Crippen LogP contribution in [0.3, 0.4) is 0 Å². The van der Waals surface area contributed by atoms with Crippen molar-refractivity contribution in [3.05, 3.63) is 120 Å². The molecule has 0 spiro atoms. The Morgan fingerprint density at radius 3 is 2.42 bits per heavy atom. The van der Waals surface area contributed by atoms with E-state index in [-0.39, 0.29) is 50.6 Å². The van der Waals surface area contributed by atoms with Gasteiger partial charge in [-0.2, -0.15) is 0 Å². The first kappa shape index (κ1) is 46.8. The number of ether oxygens (including phenoxy) is 5. The second kappa shape index (κ2) is 23.1. The van der Waals surface area contributed by atoms with Gasteiger partial charge in [0.2, 0.25) is 12.1 Å². The Balaban J connectivity index is 1.37. The molecule has 344 valence electrons. The minimum atomic E-state index is -1.46. The highest BCUT2D eigenvalue weighted by molar-refractivity contribution is 6.03. The van der Waals surface area contributed by atoms with E-state index >= 15 is 0 Å². The van der Waals surface area contributed by atoms with E-state index in [1.807, 2.05) is 79.7 Å². The summed E-state index contributed by atoms with van der Waals surface area (Å²) in [6, 6.07) is 23.9. The van der Waals surface area contributed by atoms with Gasteiger partial charge in [-0.1, -0.05) is 97.7 Å². The Kier molecular flexibility index (Phi) is 16.9. The zero-order chi connectivity index (χ0) is 44.7. The molecule has 1 saturated carbocycles. The molecule has 2 aliphatic carbocycles. The Bertz CT molecular complexity index is 2040. The number of carbonyl (C=O) groups is 2. The number of hydrogen-bond donors (Lipinski definition) is 3. The molecule has 0 aromatic heterocycles. The summed E-state index contributed by atoms with van der Waals surface area (Å²) in [4.78, 5) is 35.9. The molecule has 2 heterocycles. The third-order valence-corrected chi connectivity index (χ3v) is 12.8. The summed E-state index contributed by atoms with van der Waals surface area (Å²) < 4.78 is 32.4. The quantitative estimate of drug-likeness (QED) is 0.0536. The van der Waals surface area contributed by atoms with Crippen molar-refractivity contribution in [2.45, 2.75) is 115 Å². The number of fused-ring (bicyclic) bond motifs is 2. The van der Waals surface area contributed by atoms with E-state index in [4.69, 9.17) is 33.7 Å². The van der Waals surface area contributed by atoms with Crippen LogP contribution in [0, 0.1) is 17.8 Å². The highest BCUT2D eigenvalue weighted by Crippen LogP contribution is 2.62. The van der Waals surface area contributed by atoms with E-state index in [1.165, 1.54) is 0 Å². The number of rotatable bonds is 21. The van der Waals surface area contributed by atoms with Gasteiger partial charge in [0, 0.05) is 50.6 Å². The number of amides is 2. The van der Waals surface area contributed by atoms with Crippen molar-refractivity contribution in [2.24, 2.45) is 22.9 Å². The predicted octanol–water partition coefficient (Wildman–Crippen LogP) is 9.18. The normalized spacial score (nSPS) is 25.2. The molecule has 64 heavy (non-hydrogen) atoms. The van der Waals surface area contributed by atoms with Crippen LogP contribution in [0.2, 0.25) is 0 Å². The first-order chi connectivity index (χ1) is 31.4. The molecule has 0 radical (unpaired) electrons. The molecule has 2 aliphatic heterocycles. The highest BCUT2D eigenvalue weighted by atomic mass is 16.8. The van der Waals surface area contributed by atoms with Crippen LogP contribution in [-0.4, -0.2) is 84.1 Å². The Morgan fingerprint density at radius 2 is 1.72 bits per heavy atom. The fourth-order valence-corrected chi connectivity index (χ4v) is 9.96. The van der Waals surface area contributed by atoms with Gasteiger partial charge in [0.25, 0.3) is 0 Å². The summed E-state index contributed by atoms with van der Waals surface area (Å²) in [5.41, 5.74) is 4.22. The lowest BCUT2D eigenvalue weighted by Crippen LogP contribution is -2.70. The molecule has 1 unspecified atom stereocenters. The minimum Gasteiger partial charge on any atom is -0.459 e. The van der Waals surface area contributed by atoms with Crippen molar-refractivity contribution >= 4 is 17.9 Å². The molecule has 2 amide bonds. The number of carbonyl (C=O) groups excluding carboxylic acids is 2. The highest BCUT2D eigenvalue weighted by Gasteiger charge is 2.65. The summed E-state index contributed by atoms with van der Waals surface area (Å²) in [6.07, 6.45) is 10.3. The summed E-state index contributed by atoms with van der Waals surface area (Å²) in [5.74, 6) is -1.38. The Hall–Kier alpha value is -5.21. The van der Waals surface area contributed by atoms with Crippen LogP contribution in [0.5, 0.6) is 11.5 Å². The Morgan fingerprint density at radius 1 is 0.969 bits per heavy atom. The van der Waals surface area contributed by atoms with Gasteiger partial charge < -0.3 is 44.1 Å². The first-order valence-electron chi connectivity index (χ1n) is 23.2. The number of oxime groups is 1. The average molecular weight is 880 g/mol. The average Bonchev–Trinajstić information content (AvgIpc) is 3.32. The maximum Gasteiger partial charge on any atom is 0.412 e. The van der Waals surface area contributed by atoms with Crippen LogP contribution in [0.1, 0.15) is 100 Å². The molecule has 7 rings (SSSR count). The van der Waals surface area contributed by atoms with Crippen LogP contribution in [-0.2, 0) is 32.2 Å². The number of aliphatic hydroxyl groups excluding tert-OH is 2. The van der Waals surface area contributed by atoms with Crippen LogP contribution in [0.25, 0.3) is 0 Å². The molecular formula is C51H65N3O10. The standard InChI is InChI=1S/C51H65N3O10/c1-3-26-54(50(58)60-35-37-19-9-6-10-20-37)45-33-43(53-64-46-23-13-16-30-59-46)41-31-38(21-11-14-27-55)40(22-12-15-28-56)47-42-32-39(62-49(57)52-34-36-17-7-5-8-18-36)24-25-44(42)63-51(45,48(41)47)61-29-4-2/h4-10,17-20,24-25,31-32,38,40,45-48,55-56H,2-3,11-16,21-23,26-30,33-35H2,1H3,(H,52,57)/t38-,40+,45-,46?,47+,48+,51+/m0/s1. The molecule has 3 aromatic carbocycles. The van der Waals surface area contributed by atoms with Crippen LogP contribution in [0.15, 0.2) is 108 Å². The zero-order valence-corrected chi connectivity index (χ0v) is 37.1. The van der Waals surface area contributed by atoms with Gasteiger partial charge in [0.05, 0.1) is 24.8 Å². The largest absolute Gasteiger partial charge is 0.459 e. The third-order valence-electron chi connectivity index (χ3n) is 12.8. The maximum absolute atomic E-state index is 14.6. The summed E-state index contributed by atoms with van der Waals surface area (Å²) in [5, 5.41) is 27.7. The van der Waals surface area contributed by atoms with Gasteiger partial charge >= 0.3 is 12.2 Å². The fraction of sp³-hybridized carbons (Fsp3) is 0.510. The lowest BCUT2D eigenvalue weighted by Gasteiger charge is -2.59. The molecule has 2 fully saturated rings. The number of benzene rings is 3. The second-order valence-electron chi connectivity index (χ2n) is 17.1. The van der Waals surface area contributed by atoms with E-state index < -0.39 is 36.2 Å². The first-order valence-corrected chi connectivity index (χ1v) is 23.2. The van der Waals surface area contributed by atoms with E-state index in [0.717, 1.165) is 60.8 Å². The van der Waals surface area contributed by atoms with Gasteiger partial charge in [-0.05, 0) is 91.7 Å². The topological polar surface area (TPSA) is 158 Å².